The van der Waals surface area contributed by atoms with Crippen LogP contribution in [0.5, 0.6) is 0 Å². The molecule has 0 radical (unpaired) electrons. The number of rotatable bonds is 7. The number of hydrogen-bond donors (Lipinski definition) is 0. The van der Waals surface area contributed by atoms with Crippen LogP contribution >= 0.6 is 0 Å². The van der Waals surface area contributed by atoms with Gasteiger partial charge in [0, 0.05) is 0 Å². The lowest BCUT2D eigenvalue weighted by molar-refractivity contribution is 1.32. The van der Waals surface area contributed by atoms with E-state index in [2.05, 4.69) is 218 Å². The van der Waals surface area contributed by atoms with Gasteiger partial charge in [0.25, 0.3) is 0 Å². The molecule has 11 rings (SSSR count). The van der Waals surface area contributed by atoms with Crippen molar-refractivity contribution < 1.29 is 0 Å². The first kappa shape index (κ1) is 33.5. The van der Waals surface area contributed by atoms with E-state index in [1.165, 1.54) is 97.9 Å². The fourth-order valence-electron chi connectivity index (χ4n) is 9.91. The fraction of sp³-hybridized carbons (Fsp3) is 0.0357. The van der Waals surface area contributed by atoms with E-state index in [-0.39, 0.29) is 0 Å². The van der Waals surface area contributed by atoms with E-state index in [1.807, 2.05) is 0 Å². The Hall–Kier alpha value is -6.80. The van der Waals surface area contributed by atoms with Gasteiger partial charge in [-0.15, -0.1) is 0 Å². The van der Waals surface area contributed by atoms with Gasteiger partial charge in [0.15, 0.2) is 8.07 Å². The maximum absolute atomic E-state index is 2.62. The number of allylic oxidation sites excluding steroid dienone is 2. The van der Waals surface area contributed by atoms with Gasteiger partial charge in [-0.1, -0.05) is 212 Å². The van der Waals surface area contributed by atoms with Crippen molar-refractivity contribution in [2.75, 3.05) is 0 Å². The summed E-state index contributed by atoms with van der Waals surface area (Å²) in [4.78, 5) is 0. The molecule has 268 valence electrons. The summed E-state index contributed by atoms with van der Waals surface area (Å²) in [7, 11) is -2.62. The Labute approximate surface area is 335 Å². The Bertz CT molecular complexity index is 2930. The third kappa shape index (κ3) is 5.50. The third-order valence-corrected chi connectivity index (χ3v) is 17.3. The van der Waals surface area contributed by atoms with E-state index in [9.17, 15) is 0 Å². The van der Waals surface area contributed by atoms with Crippen LogP contribution in [0.15, 0.2) is 206 Å². The van der Waals surface area contributed by atoms with Crippen LogP contribution in [0.2, 0.25) is 0 Å². The zero-order valence-electron chi connectivity index (χ0n) is 31.7. The van der Waals surface area contributed by atoms with Gasteiger partial charge in [0.2, 0.25) is 0 Å². The molecule has 2 aliphatic rings. The van der Waals surface area contributed by atoms with Crippen molar-refractivity contribution in [3.63, 3.8) is 0 Å². The standard InChI is InChI=1S/C56H40Si/c1-4-20-47(21-5-1)57(48-22-6-2-7-23-48,49-24-8-3-9-25-49)50-31-28-39(29-32-50)44-30-33-53-54(38-44)56(46-36-42-18-12-13-19-43(42)37-46)52-27-15-14-26-51(52)55(53)45-34-40-16-10-11-17-41(40)35-45/h1-34,36,38H,35,37H2. The highest BCUT2D eigenvalue weighted by atomic mass is 28.3. The first-order valence-corrected chi connectivity index (χ1v) is 22.1. The molecule has 0 fully saturated rings. The molecule has 0 N–H and O–H groups in total. The Morgan fingerprint density at radius 2 is 0.684 bits per heavy atom. The Balaban J connectivity index is 1.12. The van der Waals surface area contributed by atoms with Crippen molar-refractivity contribution in [3.05, 3.63) is 240 Å². The highest BCUT2D eigenvalue weighted by molar-refractivity contribution is 7.19. The number of fused-ring (bicyclic) bond motifs is 4. The van der Waals surface area contributed by atoms with Crippen molar-refractivity contribution in [3.8, 4) is 11.1 Å². The molecule has 0 spiro atoms. The molecule has 0 heterocycles. The van der Waals surface area contributed by atoms with Crippen LogP contribution in [-0.2, 0) is 12.8 Å². The third-order valence-electron chi connectivity index (χ3n) is 12.5. The van der Waals surface area contributed by atoms with Crippen LogP contribution in [0.4, 0.5) is 0 Å². The maximum Gasteiger partial charge on any atom is 0.179 e. The van der Waals surface area contributed by atoms with Gasteiger partial charge in [0.05, 0.1) is 0 Å². The van der Waals surface area contributed by atoms with E-state index >= 15 is 0 Å². The normalized spacial score (nSPS) is 13.3. The highest BCUT2D eigenvalue weighted by Crippen LogP contribution is 2.46. The van der Waals surface area contributed by atoms with Gasteiger partial charge in [0.1, 0.15) is 0 Å². The smallest absolute Gasteiger partial charge is 0.0623 e. The van der Waals surface area contributed by atoms with E-state index in [1.54, 1.807) is 0 Å². The van der Waals surface area contributed by atoms with Crippen molar-refractivity contribution in [2.45, 2.75) is 12.8 Å². The molecule has 0 unspecified atom stereocenters. The molecule has 9 aromatic rings. The average molecular weight is 741 g/mol. The second-order valence-electron chi connectivity index (χ2n) is 15.6. The molecule has 0 aromatic heterocycles. The second kappa shape index (κ2) is 13.7. The quantitative estimate of drug-likeness (QED) is 0.0867. The average Bonchev–Trinajstić information content (AvgIpc) is 3.92. The minimum Gasteiger partial charge on any atom is -0.0623 e. The topological polar surface area (TPSA) is 0 Å². The summed E-state index contributed by atoms with van der Waals surface area (Å²) < 4.78 is 0. The van der Waals surface area contributed by atoms with Crippen molar-refractivity contribution in [1.29, 1.82) is 0 Å². The molecule has 0 saturated carbocycles. The van der Waals surface area contributed by atoms with Gasteiger partial charge < -0.3 is 0 Å². The van der Waals surface area contributed by atoms with E-state index in [4.69, 9.17) is 0 Å². The molecule has 0 nitrogen and oxygen atoms in total. The fourth-order valence-corrected chi connectivity index (χ4v) is 14.7. The van der Waals surface area contributed by atoms with Gasteiger partial charge in [-0.05, 0) is 117 Å². The Morgan fingerprint density at radius 1 is 0.298 bits per heavy atom. The van der Waals surface area contributed by atoms with Crippen molar-refractivity contribution in [2.24, 2.45) is 0 Å². The van der Waals surface area contributed by atoms with Crippen molar-refractivity contribution in [1.82, 2.24) is 0 Å². The molecular weight excluding hydrogens is 701 g/mol. The van der Waals surface area contributed by atoms with Crippen LogP contribution < -0.4 is 20.7 Å². The van der Waals surface area contributed by atoms with Crippen LogP contribution in [-0.4, -0.2) is 8.07 Å². The highest BCUT2D eigenvalue weighted by Gasteiger charge is 2.41. The maximum atomic E-state index is 2.48. The minimum absolute atomic E-state index is 0.937. The summed E-state index contributed by atoms with van der Waals surface area (Å²) in [5.41, 5.74) is 13.5. The van der Waals surface area contributed by atoms with Crippen LogP contribution in [0.3, 0.4) is 0 Å². The summed E-state index contributed by atoms with van der Waals surface area (Å²) >= 11 is 0. The Kier molecular flexibility index (Phi) is 8.08. The van der Waals surface area contributed by atoms with Crippen LogP contribution in [0.25, 0.3) is 56.0 Å². The number of benzene rings is 9. The zero-order valence-corrected chi connectivity index (χ0v) is 32.7. The number of hydrogen-bond acceptors (Lipinski definition) is 0. The lowest BCUT2D eigenvalue weighted by Gasteiger charge is -2.34. The van der Waals surface area contributed by atoms with E-state index < -0.39 is 8.07 Å². The molecule has 1 heteroatoms. The van der Waals surface area contributed by atoms with Crippen LogP contribution in [0.1, 0.15) is 33.4 Å². The molecule has 2 aliphatic carbocycles. The van der Waals surface area contributed by atoms with E-state index in [0.29, 0.717) is 0 Å². The first-order valence-electron chi connectivity index (χ1n) is 20.1. The molecule has 0 bridgehead atoms. The summed E-state index contributed by atoms with van der Waals surface area (Å²) in [6, 6.07) is 77.3. The Morgan fingerprint density at radius 3 is 1.18 bits per heavy atom. The summed E-state index contributed by atoms with van der Waals surface area (Å²) in [6.07, 6.45) is 6.74. The summed E-state index contributed by atoms with van der Waals surface area (Å²) in [6.45, 7) is 0. The monoisotopic (exact) mass is 740 g/mol. The first-order chi connectivity index (χ1) is 28.3. The molecular formula is C56H40Si. The molecule has 57 heavy (non-hydrogen) atoms. The van der Waals surface area contributed by atoms with Crippen molar-refractivity contribution >= 4 is 73.7 Å². The lowest BCUT2D eigenvalue weighted by Crippen LogP contribution is -2.74. The van der Waals surface area contributed by atoms with Gasteiger partial charge in [-0.25, -0.2) is 0 Å². The summed E-state index contributed by atoms with van der Waals surface area (Å²) in [5, 5.41) is 10.8. The molecule has 0 atom stereocenters. The van der Waals surface area contributed by atoms with Crippen LogP contribution in [0, 0.1) is 0 Å². The molecule has 0 saturated heterocycles. The molecule has 0 amide bonds. The second-order valence-corrected chi connectivity index (χ2v) is 19.4. The molecule has 9 aromatic carbocycles. The summed E-state index contributed by atoms with van der Waals surface area (Å²) in [5.74, 6) is 0. The van der Waals surface area contributed by atoms with Gasteiger partial charge in [-0.3, -0.25) is 0 Å². The van der Waals surface area contributed by atoms with E-state index in [0.717, 1.165) is 12.8 Å². The SMILES string of the molecule is C1=C(c2c3ccccc3c(C3=Cc4ccccc4C3)c3cc(-c4ccc([Si](c5ccccc5)(c5ccccc5)c5ccccc5)cc4)ccc23)Cc2ccccc21. The predicted octanol–water partition coefficient (Wildman–Crippen LogP) is 11.2. The largest absolute Gasteiger partial charge is 0.179 e. The molecule has 0 aliphatic heterocycles. The lowest BCUT2D eigenvalue weighted by atomic mass is 9.84. The van der Waals surface area contributed by atoms with Gasteiger partial charge >= 0.3 is 0 Å². The van der Waals surface area contributed by atoms with Gasteiger partial charge in [-0.2, -0.15) is 0 Å². The minimum atomic E-state index is -2.62. The predicted molar refractivity (Wildman–Crippen MR) is 247 cm³/mol. The zero-order chi connectivity index (χ0) is 37.8.